The molecule has 0 spiro atoms. The number of amides is 1. The van der Waals surface area contributed by atoms with Gasteiger partial charge in [-0.3, -0.25) is 4.79 Å². The molecule has 0 aliphatic carbocycles. The first-order chi connectivity index (χ1) is 17.0. The molecule has 0 radical (unpaired) electrons. The van der Waals surface area contributed by atoms with Gasteiger partial charge in [-0.25, -0.2) is 0 Å². The molecule has 4 rings (SSSR count). The minimum absolute atomic E-state index is 0.0670. The van der Waals surface area contributed by atoms with E-state index in [1.165, 1.54) is 0 Å². The summed E-state index contributed by atoms with van der Waals surface area (Å²) in [7, 11) is 3.15. The summed E-state index contributed by atoms with van der Waals surface area (Å²) in [5.41, 5.74) is 3.50. The van der Waals surface area contributed by atoms with Gasteiger partial charge in [0.25, 0.3) is 5.91 Å². The molecular weight excluding hydrogens is 450 g/mol. The van der Waals surface area contributed by atoms with E-state index in [9.17, 15) is 4.79 Å². The van der Waals surface area contributed by atoms with E-state index in [2.05, 4.69) is 20.6 Å². The number of benzene rings is 2. The largest absolute Gasteiger partial charge is 0.493 e. The number of fused-ring (bicyclic) bond motifs is 1. The van der Waals surface area contributed by atoms with E-state index in [4.69, 9.17) is 18.9 Å². The van der Waals surface area contributed by atoms with E-state index in [1.54, 1.807) is 43.0 Å². The molecule has 0 unspecified atom stereocenters. The Kier molecular flexibility index (Phi) is 7.30. The summed E-state index contributed by atoms with van der Waals surface area (Å²) in [5.74, 6) is 2.54. The van der Waals surface area contributed by atoms with Gasteiger partial charge in [0.1, 0.15) is 12.4 Å². The first kappa shape index (κ1) is 23.8. The molecule has 2 aromatic carbocycles. The van der Waals surface area contributed by atoms with Gasteiger partial charge in [-0.2, -0.15) is 4.52 Å². The smallest absolute Gasteiger partial charge is 0.258 e. The van der Waals surface area contributed by atoms with Crippen LogP contribution in [-0.4, -0.2) is 59.7 Å². The molecule has 1 amide bonds. The van der Waals surface area contributed by atoms with Gasteiger partial charge in [0.05, 0.1) is 20.8 Å². The molecule has 0 saturated carbocycles. The fourth-order valence-corrected chi connectivity index (χ4v) is 3.57. The lowest BCUT2D eigenvalue weighted by atomic mass is 10.1. The number of aryl methyl sites for hydroxylation is 2. The van der Waals surface area contributed by atoms with Crippen molar-refractivity contribution in [1.82, 2.24) is 25.1 Å². The molecule has 10 heteroatoms. The quantitative estimate of drug-likeness (QED) is 0.347. The van der Waals surface area contributed by atoms with Crippen LogP contribution in [0.15, 0.2) is 48.5 Å². The van der Waals surface area contributed by atoms with Gasteiger partial charge in [-0.05, 0) is 61.4 Å². The molecule has 0 saturated heterocycles. The second-order valence-electron chi connectivity index (χ2n) is 7.85. The zero-order valence-corrected chi connectivity index (χ0v) is 20.1. The highest BCUT2D eigenvalue weighted by Crippen LogP contribution is 2.31. The number of carbonyl (C=O) groups excluding carboxylic acids is 1. The molecule has 0 aliphatic heterocycles. The normalized spacial score (nSPS) is 10.7. The van der Waals surface area contributed by atoms with Gasteiger partial charge in [0.2, 0.25) is 5.88 Å². The Balaban J connectivity index is 1.33. The van der Waals surface area contributed by atoms with Gasteiger partial charge in [0, 0.05) is 11.6 Å². The summed E-state index contributed by atoms with van der Waals surface area (Å²) in [4.78, 5) is 12.1. The standard InChI is InChI=1S/C25H27N5O5/c1-16-11-17(2)13-19(12-16)35-15-23(31)26-9-10-34-24-8-7-22-27-28-25(30(22)29-24)18-5-6-20(32-3)21(14-18)33-4/h5-8,11-14H,9-10,15H2,1-4H3,(H,26,31). The number of hydrogen-bond acceptors (Lipinski definition) is 8. The summed E-state index contributed by atoms with van der Waals surface area (Å²) >= 11 is 0. The summed E-state index contributed by atoms with van der Waals surface area (Å²) in [6.45, 7) is 4.45. The van der Waals surface area contributed by atoms with E-state index < -0.39 is 0 Å². The number of nitrogens with one attached hydrogen (secondary N) is 1. The van der Waals surface area contributed by atoms with Crippen LogP contribution in [0.5, 0.6) is 23.1 Å². The van der Waals surface area contributed by atoms with Gasteiger partial charge >= 0.3 is 0 Å². The van der Waals surface area contributed by atoms with E-state index in [0.29, 0.717) is 41.1 Å². The first-order valence-electron chi connectivity index (χ1n) is 11.0. The van der Waals surface area contributed by atoms with Crippen LogP contribution < -0.4 is 24.3 Å². The van der Waals surface area contributed by atoms with Crippen molar-refractivity contribution in [2.24, 2.45) is 0 Å². The lowest BCUT2D eigenvalue weighted by Crippen LogP contribution is -2.32. The van der Waals surface area contributed by atoms with Gasteiger partial charge in [-0.1, -0.05) is 6.07 Å². The average Bonchev–Trinajstić information content (AvgIpc) is 3.27. The van der Waals surface area contributed by atoms with Crippen molar-refractivity contribution in [2.75, 3.05) is 34.0 Å². The van der Waals surface area contributed by atoms with Crippen LogP contribution in [0.1, 0.15) is 11.1 Å². The molecule has 1 N–H and O–H groups in total. The fourth-order valence-electron chi connectivity index (χ4n) is 3.57. The Hall–Kier alpha value is -4.34. The number of hydrogen-bond donors (Lipinski definition) is 1. The highest BCUT2D eigenvalue weighted by molar-refractivity contribution is 5.77. The number of nitrogens with zero attached hydrogens (tertiary/aromatic N) is 4. The molecule has 2 aromatic heterocycles. The number of ether oxygens (including phenoxy) is 4. The monoisotopic (exact) mass is 477 g/mol. The second-order valence-corrected chi connectivity index (χ2v) is 7.85. The van der Waals surface area contributed by atoms with Crippen LogP contribution in [0.4, 0.5) is 0 Å². The predicted octanol–water partition coefficient (Wildman–Crippen LogP) is 3.00. The van der Waals surface area contributed by atoms with Crippen LogP contribution in [0, 0.1) is 13.8 Å². The maximum absolute atomic E-state index is 12.1. The van der Waals surface area contributed by atoms with Crippen molar-refractivity contribution in [3.05, 3.63) is 59.7 Å². The minimum Gasteiger partial charge on any atom is -0.493 e. The number of carbonyl (C=O) groups is 1. The van der Waals surface area contributed by atoms with Crippen molar-refractivity contribution < 1.29 is 23.7 Å². The molecule has 35 heavy (non-hydrogen) atoms. The molecule has 10 nitrogen and oxygen atoms in total. The summed E-state index contributed by atoms with van der Waals surface area (Å²) < 4.78 is 23.5. The minimum atomic E-state index is -0.231. The van der Waals surface area contributed by atoms with Gasteiger partial charge in [0.15, 0.2) is 29.6 Å². The predicted molar refractivity (Wildman–Crippen MR) is 129 cm³/mol. The topological polar surface area (TPSA) is 109 Å². The van der Waals surface area contributed by atoms with Crippen LogP contribution in [0.25, 0.3) is 17.0 Å². The maximum atomic E-state index is 12.1. The van der Waals surface area contributed by atoms with Crippen LogP contribution in [-0.2, 0) is 4.79 Å². The average molecular weight is 478 g/mol. The molecule has 0 bridgehead atoms. The van der Waals surface area contributed by atoms with Crippen molar-refractivity contribution >= 4 is 11.6 Å². The Labute approximate surface area is 202 Å². The fraction of sp³-hybridized carbons (Fsp3) is 0.280. The summed E-state index contributed by atoms with van der Waals surface area (Å²) in [6.07, 6.45) is 0. The summed E-state index contributed by atoms with van der Waals surface area (Å²) in [5, 5.41) is 15.7. The van der Waals surface area contributed by atoms with Crippen LogP contribution >= 0.6 is 0 Å². The number of methoxy groups -OCH3 is 2. The zero-order chi connectivity index (χ0) is 24.8. The molecule has 182 valence electrons. The van der Waals surface area contributed by atoms with Gasteiger partial charge in [-0.15, -0.1) is 15.3 Å². The van der Waals surface area contributed by atoms with Crippen LogP contribution in [0.2, 0.25) is 0 Å². The zero-order valence-electron chi connectivity index (χ0n) is 20.1. The third kappa shape index (κ3) is 5.78. The Morgan fingerprint density at radius 3 is 2.43 bits per heavy atom. The molecule has 0 fully saturated rings. The van der Waals surface area contributed by atoms with E-state index in [1.807, 2.05) is 38.1 Å². The Bertz CT molecular complexity index is 1320. The van der Waals surface area contributed by atoms with Gasteiger partial charge < -0.3 is 24.3 Å². The maximum Gasteiger partial charge on any atom is 0.258 e. The van der Waals surface area contributed by atoms with Crippen molar-refractivity contribution in [2.45, 2.75) is 13.8 Å². The van der Waals surface area contributed by atoms with E-state index in [-0.39, 0.29) is 19.1 Å². The number of aromatic nitrogens is 4. The highest BCUT2D eigenvalue weighted by Gasteiger charge is 2.14. The lowest BCUT2D eigenvalue weighted by Gasteiger charge is -2.10. The van der Waals surface area contributed by atoms with Crippen molar-refractivity contribution in [1.29, 1.82) is 0 Å². The Morgan fingerprint density at radius 2 is 1.69 bits per heavy atom. The van der Waals surface area contributed by atoms with Crippen LogP contribution in [0.3, 0.4) is 0 Å². The SMILES string of the molecule is COc1ccc(-c2nnc3ccc(OCCNC(=O)COc4cc(C)cc(C)c4)nn23)cc1OC. The molecule has 0 atom stereocenters. The lowest BCUT2D eigenvalue weighted by molar-refractivity contribution is -0.123. The van der Waals surface area contributed by atoms with E-state index >= 15 is 0 Å². The first-order valence-corrected chi connectivity index (χ1v) is 11.0. The Morgan fingerprint density at radius 1 is 0.914 bits per heavy atom. The van der Waals surface area contributed by atoms with Crippen molar-refractivity contribution in [3.8, 4) is 34.5 Å². The molecular formula is C25H27N5O5. The number of rotatable bonds is 10. The molecule has 2 heterocycles. The van der Waals surface area contributed by atoms with E-state index in [0.717, 1.165) is 16.7 Å². The van der Waals surface area contributed by atoms with Crippen molar-refractivity contribution in [3.63, 3.8) is 0 Å². The third-order valence-electron chi connectivity index (χ3n) is 5.12. The summed E-state index contributed by atoms with van der Waals surface area (Å²) in [6, 6.07) is 14.7. The highest BCUT2D eigenvalue weighted by atomic mass is 16.5. The second kappa shape index (κ2) is 10.7. The third-order valence-corrected chi connectivity index (χ3v) is 5.12. The molecule has 0 aliphatic rings. The molecule has 4 aromatic rings.